The van der Waals surface area contributed by atoms with E-state index in [1.54, 1.807) is 0 Å². The molecule has 4 heteroatoms. The van der Waals surface area contributed by atoms with E-state index in [1.807, 2.05) is 30.0 Å². The lowest BCUT2D eigenvalue weighted by atomic mass is 10.1. The minimum Gasteiger partial charge on any atom is -0.385 e. The normalized spacial score (nSPS) is 16.3. The fourth-order valence-electron chi connectivity index (χ4n) is 2.79. The standard InChI is InChI=1S/C17H27N3O/c1-5-18-16-7-6-14(4)12-15(16)17(21)20-10-8-19(9-11-20)13(2)3/h6-7,12-13,18H,5,8-11H2,1-4H3. The molecule has 1 N–H and O–H groups in total. The van der Waals surface area contributed by atoms with E-state index in [0.29, 0.717) is 6.04 Å². The third-order valence-corrected chi connectivity index (χ3v) is 4.10. The Hall–Kier alpha value is -1.55. The van der Waals surface area contributed by atoms with Crippen molar-refractivity contribution in [1.82, 2.24) is 9.80 Å². The summed E-state index contributed by atoms with van der Waals surface area (Å²) in [6.45, 7) is 12.9. The highest BCUT2D eigenvalue weighted by atomic mass is 16.2. The number of benzene rings is 1. The summed E-state index contributed by atoms with van der Waals surface area (Å²) in [5, 5.41) is 3.29. The molecule has 0 bridgehead atoms. The second-order valence-corrected chi connectivity index (χ2v) is 6.00. The number of amides is 1. The average molecular weight is 289 g/mol. The van der Waals surface area contributed by atoms with E-state index in [2.05, 4.69) is 31.0 Å². The summed E-state index contributed by atoms with van der Waals surface area (Å²) in [5.74, 6) is 0.151. The number of nitrogens with one attached hydrogen (secondary N) is 1. The van der Waals surface area contributed by atoms with Crippen LogP contribution in [0.1, 0.15) is 36.7 Å². The molecule has 0 saturated carbocycles. The van der Waals surface area contributed by atoms with Crippen LogP contribution in [0.4, 0.5) is 5.69 Å². The van der Waals surface area contributed by atoms with Gasteiger partial charge in [0.2, 0.25) is 0 Å². The highest BCUT2D eigenvalue weighted by Gasteiger charge is 2.24. The third kappa shape index (κ3) is 3.76. The molecule has 1 heterocycles. The smallest absolute Gasteiger partial charge is 0.256 e. The summed E-state index contributed by atoms with van der Waals surface area (Å²) in [4.78, 5) is 17.2. The molecule has 1 amide bonds. The van der Waals surface area contributed by atoms with Gasteiger partial charge in [-0.05, 0) is 39.8 Å². The molecule has 4 nitrogen and oxygen atoms in total. The van der Waals surface area contributed by atoms with Crippen molar-refractivity contribution in [1.29, 1.82) is 0 Å². The molecule has 2 rings (SSSR count). The van der Waals surface area contributed by atoms with E-state index in [9.17, 15) is 4.79 Å². The van der Waals surface area contributed by atoms with Gasteiger partial charge >= 0.3 is 0 Å². The Morgan fingerprint density at radius 2 is 1.90 bits per heavy atom. The molecule has 1 aliphatic rings. The summed E-state index contributed by atoms with van der Waals surface area (Å²) in [6, 6.07) is 6.61. The molecular formula is C17H27N3O. The maximum atomic E-state index is 12.8. The van der Waals surface area contributed by atoms with Crippen molar-refractivity contribution in [2.24, 2.45) is 0 Å². The molecule has 1 saturated heterocycles. The van der Waals surface area contributed by atoms with Gasteiger partial charge in [0.05, 0.1) is 5.56 Å². The van der Waals surface area contributed by atoms with Gasteiger partial charge in [0, 0.05) is 44.5 Å². The number of rotatable bonds is 4. The van der Waals surface area contributed by atoms with Crippen LogP contribution in [0.3, 0.4) is 0 Å². The highest BCUT2D eigenvalue weighted by Crippen LogP contribution is 2.20. The van der Waals surface area contributed by atoms with Gasteiger partial charge in [-0.1, -0.05) is 11.6 Å². The first kappa shape index (κ1) is 15.8. The Labute approximate surface area is 128 Å². The average Bonchev–Trinajstić information content (AvgIpc) is 2.48. The van der Waals surface area contributed by atoms with Gasteiger partial charge in [-0.3, -0.25) is 9.69 Å². The molecule has 21 heavy (non-hydrogen) atoms. The summed E-state index contributed by atoms with van der Waals surface area (Å²) in [6.07, 6.45) is 0. The van der Waals surface area contributed by atoms with E-state index < -0.39 is 0 Å². The van der Waals surface area contributed by atoms with Crippen LogP contribution in [-0.4, -0.2) is 54.5 Å². The van der Waals surface area contributed by atoms with Gasteiger partial charge in [-0.25, -0.2) is 0 Å². The molecule has 0 spiro atoms. The van der Waals surface area contributed by atoms with Crippen LogP contribution in [0.25, 0.3) is 0 Å². The highest BCUT2D eigenvalue weighted by molar-refractivity contribution is 5.99. The Morgan fingerprint density at radius 1 is 1.24 bits per heavy atom. The quantitative estimate of drug-likeness (QED) is 0.925. The molecule has 116 valence electrons. The number of hydrogen-bond donors (Lipinski definition) is 1. The molecule has 1 aromatic carbocycles. The molecule has 1 fully saturated rings. The fraction of sp³-hybridized carbons (Fsp3) is 0.588. The second-order valence-electron chi connectivity index (χ2n) is 6.00. The van der Waals surface area contributed by atoms with Crippen molar-refractivity contribution < 1.29 is 4.79 Å². The van der Waals surface area contributed by atoms with Crippen LogP contribution in [0.2, 0.25) is 0 Å². The Morgan fingerprint density at radius 3 is 2.48 bits per heavy atom. The SMILES string of the molecule is CCNc1ccc(C)cc1C(=O)N1CCN(C(C)C)CC1. The fourth-order valence-corrected chi connectivity index (χ4v) is 2.79. The summed E-state index contributed by atoms with van der Waals surface area (Å²) >= 11 is 0. The number of carbonyl (C=O) groups is 1. The molecule has 0 unspecified atom stereocenters. The number of anilines is 1. The summed E-state index contributed by atoms with van der Waals surface area (Å²) in [7, 11) is 0. The Kier molecular flexibility index (Phi) is 5.23. The van der Waals surface area contributed by atoms with Crippen molar-refractivity contribution in [3.8, 4) is 0 Å². The van der Waals surface area contributed by atoms with Crippen molar-refractivity contribution in [2.75, 3.05) is 38.0 Å². The molecule has 0 aliphatic carbocycles. The van der Waals surface area contributed by atoms with E-state index in [4.69, 9.17) is 0 Å². The van der Waals surface area contributed by atoms with E-state index in [-0.39, 0.29) is 5.91 Å². The van der Waals surface area contributed by atoms with Gasteiger partial charge in [0.15, 0.2) is 0 Å². The van der Waals surface area contributed by atoms with Crippen LogP contribution >= 0.6 is 0 Å². The van der Waals surface area contributed by atoms with Crippen LogP contribution < -0.4 is 5.32 Å². The molecule has 0 atom stereocenters. The van der Waals surface area contributed by atoms with Crippen LogP contribution in [0.5, 0.6) is 0 Å². The van der Waals surface area contributed by atoms with Crippen molar-refractivity contribution in [3.05, 3.63) is 29.3 Å². The van der Waals surface area contributed by atoms with Gasteiger partial charge in [-0.15, -0.1) is 0 Å². The Balaban J connectivity index is 2.12. The predicted molar refractivity (Wildman–Crippen MR) is 88.0 cm³/mol. The zero-order valence-corrected chi connectivity index (χ0v) is 13.6. The molecule has 1 aromatic rings. The molecule has 0 radical (unpaired) electrons. The van der Waals surface area contributed by atoms with Crippen molar-refractivity contribution in [2.45, 2.75) is 33.7 Å². The van der Waals surface area contributed by atoms with E-state index >= 15 is 0 Å². The minimum absolute atomic E-state index is 0.151. The van der Waals surface area contributed by atoms with Gasteiger partial charge in [0.25, 0.3) is 5.91 Å². The summed E-state index contributed by atoms with van der Waals surface area (Å²) < 4.78 is 0. The van der Waals surface area contributed by atoms with Gasteiger partial charge in [-0.2, -0.15) is 0 Å². The zero-order chi connectivity index (χ0) is 15.4. The molecule has 0 aromatic heterocycles. The first-order valence-corrected chi connectivity index (χ1v) is 7.90. The van der Waals surface area contributed by atoms with Crippen molar-refractivity contribution in [3.63, 3.8) is 0 Å². The Bertz CT molecular complexity index is 491. The third-order valence-electron chi connectivity index (χ3n) is 4.10. The topological polar surface area (TPSA) is 35.6 Å². The first-order chi connectivity index (χ1) is 10.0. The first-order valence-electron chi connectivity index (χ1n) is 7.90. The second kappa shape index (κ2) is 6.94. The van der Waals surface area contributed by atoms with Gasteiger partial charge < -0.3 is 10.2 Å². The van der Waals surface area contributed by atoms with Crippen LogP contribution in [0, 0.1) is 6.92 Å². The molecule has 1 aliphatic heterocycles. The van der Waals surface area contributed by atoms with Gasteiger partial charge in [0.1, 0.15) is 0 Å². The maximum Gasteiger partial charge on any atom is 0.256 e. The van der Waals surface area contributed by atoms with E-state index in [1.165, 1.54) is 0 Å². The lowest BCUT2D eigenvalue weighted by Crippen LogP contribution is -2.50. The zero-order valence-electron chi connectivity index (χ0n) is 13.6. The predicted octanol–water partition coefficient (Wildman–Crippen LogP) is 2.59. The molecular weight excluding hydrogens is 262 g/mol. The van der Waals surface area contributed by atoms with E-state index in [0.717, 1.165) is 49.5 Å². The number of hydrogen-bond acceptors (Lipinski definition) is 3. The maximum absolute atomic E-state index is 12.8. The van der Waals surface area contributed by atoms with Crippen molar-refractivity contribution >= 4 is 11.6 Å². The number of carbonyl (C=O) groups excluding carboxylic acids is 1. The number of nitrogens with zero attached hydrogens (tertiary/aromatic N) is 2. The van der Waals surface area contributed by atoms with Crippen LogP contribution in [-0.2, 0) is 0 Å². The lowest BCUT2D eigenvalue weighted by molar-refractivity contribution is 0.0596. The number of piperazine rings is 1. The minimum atomic E-state index is 0.151. The van der Waals surface area contributed by atoms with Crippen LogP contribution in [0.15, 0.2) is 18.2 Å². The monoisotopic (exact) mass is 289 g/mol. The summed E-state index contributed by atoms with van der Waals surface area (Å²) in [5.41, 5.74) is 2.87. The lowest BCUT2D eigenvalue weighted by Gasteiger charge is -2.37. The number of aryl methyl sites for hydroxylation is 1. The largest absolute Gasteiger partial charge is 0.385 e.